The van der Waals surface area contributed by atoms with Crippen molar-refractivity contribution in [3.63, 3.8) is 0 Å². The van der Waals surface area contributed by atoms with Gasteiger partial charge >= 0.3 is 0 Å². The van der Waals surface area contributed by atoms with Gasteiger partial charge in [-0.2, -0.15) is 0 Å². The second-order valence-electron chi connectivity index (χ2n) is 7.49. The summed E-state index contributed by atoms with van der Waals surface area (Å²) < 4.78 is 5.93. The van der Waals surface area contributed by atoms with Gasteiger partial charge in [0.1, 0.15) is 17.8 Å². The first kappa shape index (κ1) is 20.4. The number of hydrogen-bond acceptors (Lipinski definition) is 3. The van der Waals surface area contributed by atoms with Gasteiger partial charge < -0.3 is 15.0 Å². The Bertz CT molecular complexity index is 1200. The molecule has 0 spiro atoms. The summed E-state index contributed by atoms with van der Waals surface area (Å²) in [6.45, 7) is 2.50. The molecule has 1 aromatic heterocycles. The normalized spacial score (nSPS) is 11.8. The van der Waals surface area contributed by atoms with E-state index in [-0.39, 0.29) is 11.8 Å². The van der Waals surface area contributed by atoms with Crippen molar-refractivity contribution in [2.45, 2.75) is 19.3 Å². The monoisotopic (exact) mass is 412 g/mol. The van der Waals surface area contributed by atoms with E-state index in [0.29, 0.717) is 23.6 Å². The molecular weight excluding hydrogens is 388 g/mol. The van der Waals surface area contributed by atoms with E-state index < -0.39 is 0 Å². The van der Waals surface area contributed by atoms with Crippen molar-refractivity contribution in [2.24, 2.45) is 0 Å². The van der Waals surface area contributed by atoms with Crippen molar-refractivity contribution in [1.29, 1.82) is 0 Å². The SMILES string of the molecule is CC(C(=O)NCCc1ccccc1)c1c[nH]c2ccc(Oc3cccc(C=O)c3)cc12. The highest BCUT2D eigenvalue weighted by molar-refractivity contribution is 5.92. The van der Waals surface area contributed by atoms with Crippen LogP contribution in [0.1, 0.15) is 34.3 Å². The molecule has 0 aliphatic rings. The summed E-state index contributed by atoms with van der Waals surface area (Å²) in [4.78, 5) is 27.0. The Hall–Kier alpha value is -3.86. The Morgan fingerprint density at radius 3 is 2.65 bits per heavy atom. The van der Waals surface area contributed by atoms with Crippen LogP contribution in [0.15, 0.2) is 79.0 Å². The smallest absolute Gasteiger partial charge is 0.227 e. The summed E-state index contributed by atoms with van der Waals surface area (Å²) in [7, 11) is 0. The van der Waals surface area contributed by atoms with Gasteiger partial charge in [-0.3, -0.25) is 9.59 Å². The van der Waals surface area contributed by atoms with Crippen molar-refractivity contribution < 1.29 is 14.3 Å². The zero-order valence-electron chi connectivity index (χ0n) is 17.3. The van der Waals surface area contributed by atoms with Crippen LogP contribution >= 0.6 is 0 Å². The molecule has 1 unspecified atom stereocenters. The fourth-order valence-electron chi connectivity index (χ4n) is 3.60. The zero-order chi connectivity index (χ0) is 21.6. The Kier molecular flexibility index (Phi) is 6.13. The standard InChI is InChI=1S/C26H24N2O3/c1-18(26(30)27-13-12-19-6-3-2-4-7-19)24-16-28-25-11-10-22(15-23(24)25)31-21-9-5-8-20(14-21)17-29/h2-11,14-18,28H,12-13H2,1H3,(H,27,30). The van der Waals surface area contributed by atoms with E-state index in [9.17, 15) is 9.59 Å². The van der Waals surface area contributed by atoms with E-state index >= 15 is 0 Å². The van der Waals surface area contributed by atoms with Crippen LogP contribution in [0, 0.1) is 0 Å². The summed E-state index contributed by atoms with van der Waals surface area (Å²) in [5, 5.41) is 3.97. The lowest BCUT2D eigenvalue weighted by Crippen LogP contribution is -2.29. The van der Waals surface area contributed by atoms with E-state index in [2.05, 4.69) is 22.4 Å². The quantitative estimate of drug-likeness (QED) is 0.389. The molecule has 4 rings (SSSR count). The number of carbonyl (C=O) groups is 2. The van der Waals surface area contributed by atoms with Crippen LogP contribution in [0.25, 0.3) is 10.9 Å². The molecule has 156 valence electrons. The lowest BCUT2D eigenvalue weighted by molar-refractivity contribution is -0.122. The summed E-state index contributed by atoms with van der Waals surface area (Å²) in [6, 6.07) is 22.8. The zero-order valence-corrected chi connectivity index (χ0v) is 17.3. The van der Waals surface area contributed by atoms with E-state index in [1.807, 2.05) is 49.5 Å². The number of aldehydes is 1. The lowest BCUT2D eigenvalue weighted by atomic mass is 9.99. The Morgan fingerprint density at radius 2 is 1.84 bits per heavy atom. The molecule has 3 aromatic carbocycles. The van der Waals surface area contributed by atoms with Gasteiger partial charge in [0, 0.05) is 29.2 Å². The molecule has 0 bridgehead atoms. The summed E-state index contributed by atoms with van der Waals surface area (Å²) in [5.41, 5.74) is 3.61. The van der Waals surface area contributed by atoms with E-state index in [1.54, 1.807) is 24.3 Å². The number of nitrogens with one attached hydrogen (secondary N) is 2. The highest BCUT2D eigenvalue weighted by Crippen LogP contribution is 2.31. The molecule has 5 heteroatoms. The molecule has 31 heavy (non-hydrogen) atoms. The first-order valence-electron chi connectivity index (χ1n) is 10.3. The summed E-state index contributed by atoms with van der Waals surface area (Å²) >= 11 is 0. The number of amides is 1. The minimum Gasteiger partial charge on any atom is -0.457 e. The van der Waals surface area contributed by atoms with Crippen molar-refractivity contribution in [2.75, 3.05) is 6.54 Å². The van der Waals surface area contributed by atoms with Crippen LogP contribution < -0.4 is 10.1 Å². The third-order valence-corrected chi connectivity index (χ3v) is 5.33. The third-order valence-electron chi connectivity index (χ3n) is 5.33. The second-order valence-corrected chi connectivity index (χ2v) is 7.49. The highest BCUT2D eigenvalue weighted by Gasteiger charge is 2.19. The van der Waals surface area contributed by atoms with Gasteiger partial charge in [-0.05, 0) is 54.8 Å². The average molecular weight is 412 g/mol. The minimum absolute atomic E-state index is 0.0122. The molecule has 1 heterocycles. The fraction of sp³-hybridized carbons (Fsp3) is 0.154. The molecule has 0 aliphatic carbocycles. The summed E-state index contributed by atoms with van der Waals surface area (Å²) in [5.74, 6) is 0.917. The van der Waals surface area contributed by atoms with Crippen LogP contribution in [0.4, 0.5) is 0 Å². The van der Waals surface area contributed by atoms with Crippen LogP contribution in [0.5, 0.6) is 11.5 Å². The first-order valence-corrected chi connectivity index (χ1v) is 10.3. The van der Waals surface area contributed by atoms with Gasteiger partial charge in [-0.25, -0.2) is 0 Å². The van der Waals surface area contributed by atoms with E-state index in [0.717, 1.165) is 29.2 Å². The highest BCUT2D eigenvalue weighted by atomic mass is 16.5. The molecule has 1 atom stereocenters. The molecule has 0 aliphatic heterocycles. The van der Waals surface area contributed by atoms with Gasteiger partial charge in [0.2, 0.25) is 5.91 Å². The van der Waals surface area contributed by atoms with Crippen LogP contribution in [0.2, 0.25) is 0 Å². The number of benzene rings is 3. The van der Waals surface area contributed by atoms with Crippen LogP contribution in [-0.4, -0.2) is 23.7 Å². The average Bonchev–Trinajstić information content (AvgIpc) is 3.22. The maximum Gasteiger partial charge on any atom is 0.227 e. The van der Waals surface area contributed by atoms with Gasteiger partial charge in [0.15, 0.2) is 0 Å². The van der Waals surface area contributed by atoms with Gasteiger partial charge in [0.25, 0.3) is 0 Å². The van der Waals surface area contributed by atoms with Crippen LogP contribution in [-0.2, 0) is 11.2 Å². The number of aromatic amines is 1. The molecule has 0 saturated carbocycles. The number of H-pyrrole nitrogens is 1. The molecular formula is C26H24N2O3. The van der Waals surface area contributed by atoms with Gasteiger partial charge in [-0.1, -0.05) is 42.5 Å². The number of aromatic nitrogens is 1. The number of fused-ring (bicyclic) bond motifs is 1. The third kappa shape index (κ3) is 4.83. The molecule has 5 nitrogen and oxygen atoms in total. The Morgan fingerprint density at radius 1 is 1.03 bits per heavy atom. The lowest BCUT2D eigenvalue weighted by Gasteiger charge is -2.12. The maximum atomic E-state index is 12.7. The van der Waals surface area contributed by atoms with E-state index in [1.165, 1.54) is 5.56 Å². The molecule has 0 fully saturated rings. The fourth-order valence-corrected chi connectivity index (χ4v) is 3.60. The molecule has 4 aromatic rings. The topological polar surface area (TPSA) is 71.2 Å². The Labute approximate surface area is 181 Å². The molecule has 2 N–H and O–H groups in total. The summed E-state index contributed by atoms with van der Waals surface area (Å²) in [6.07, 6.45) is 3.46. The minimum atomic E-state index is -0.307. The van der Waals surface area contributed by atoms with Crippen LogP contribution in [0.3, 0.4) is 0 Å². The second kappa shape index (κ2) is 9.30. The van der Waals surface area contributed by atoms with Crippen molar-refractivity contribution >= 4 is 23.1 Å². The predicted molar refractivity (Wildman–Crippen MR) is 122 cm³/mol. The number of carbonyl (C=O) groups excluding carboxylic acids is 2. The maximum absolute atomic E-state index is 12.7. The largest absolute Gasteiger partial charge is 0.457 e. The van der Waals surface area contributed by atoms with Gasteiger partial charge in [-0.15, -0.1) is 0 Å². The van der Waals surface area contributed by atoms with Gasteiger partial charge in [0.05, 0.1) is 5.92 Å². The van der Waals surface area contributed by atoms with Crippen molar-refractivity contribution in [3.05, 3.63) is 95.7 Å². The van der Waals surface area contributed by atoms with E-state index in [4.69, 9.17) is 4.74 Å². The molecule has 0 saturated heterocycles. The number of hydrogen-bond donors (Lipinski definition) is 2. The first-order chi connectivity index (χ1) is 15.1. The molecule has 0 radical (unpaired) electrons. The number of ether oxygens (including phenoxy) is 1. The van der Waals surface area contributed by atoms with Crippen molar-refractivity contribution in [1.82, 2.24) is 10.3 Å². The predicted octanol–water partition coefficient (Wildman–Crippen LogP) is 5.24. The van der Waals surface area contributed by atoms with Crippen molar-refractivity contribution in [3.8, 4) is 11.5 Å². The Balaban J connectivity index is 1.47. The molecule has 1 amide bonds. The number of rotatable bonds is 8.